The normalized spacial score (nSPS) is 10.6. The van der Waals surface area contributed by atoms with Crippen LogP contribution in [0, 0.1) is 11.6 Å². The molecular formula is C42H28F2O6. The van der Waals surface area contributed by atoms with Crippen LogP contribution < -0.4 is 28.4 Å². The third-order valence-electron chi connectivity index (χ3n) is 7.11. The third kappa shape index (κ3) is 8.37. The highest BCUT2D eigenvalue weighted by Crippen LogP contribution is 2.39. The zero-order valence-electron chi connectivity index (χ0n) is 26.4. The lowest BCUT2D eigenvalue weighted by Gasteiger charge is -2.14. The topological polar surface area (TPSA) is 55.4 Å². The van der Waals surface area contributed by atoms with Crippen LogP contribution in [0.25, 0.3) is 0 Å². The van der Waals surface area contributed by atoms with Gasteiger partial charge in [-0.25, -0.2) is 8.78 Å². The van der Waals surface area contributed by atoms with Gasteiger partial charge in [0, 0.05) is 24.3 Å². The molecule has 0 saturated heterocycles. The van der Waals surface area contributed by atoms with E-state index in [9.17, 15) is 8.78 Å². The van der Waals surface area contributed by atoms with Crippen LogP contribution in [0.1, 0.15) is 0 Å². The van der Waals surface area contributed by atoms with Crippen LogP contribution in [0.4, 0.5) is 8.78 Å². The lowest BCUT2D eigenvalue weighted by molar-refractivity contribution is 0.410. The minimum atomic E-state index is -0.382. The van der Waals surface area contributed by atoms with Gasteiger partial charge in [-0.15, -0.1) is 0 Å². The second kappa shape index (κ2) is 15.0. The molecule has 246 valence electrons. The predicted molar refractivity (Wildman–Crippen MR) is 185 cm³/mol. The monoisotopic (exact) mass is 666 g/mol. The van der Waals surface area contributed by atoms with Gasteiger partial charge in [-0.1, -0.05) is 48.5 Å². The lowest BCUT2D eigenvalue weighted by atomic mass is 10.2. The minimum Gasteiger partial charge on any atom is -0.457 e. The molecule has 50 heavy (non-hydrogen) atoms. The van der Waals surface area contributed by atoms with Gasteiger partial charge in [-0.3, -0.25) is 0 Å². The third-order valence-corrected chi connectivity index (χ3v) is 7.11. The molecule has 0 radical (unpaired) electrons. The van der Waals surface area contributed by atoms with E-state index in [1.54, 1.807) is 121 Å². The summed E-state index contributed by atoms with van der Waals surface area (Å²) in [5, 5.41) is 0. The number of hydrogen-bond donors (Lipinski definition) is 0. The highest BCUT2D eigenvalue weighted by atomic mass is 19.1. The van der Waals surface area contributed by atoms with E-state index in [-0.39, 0.29) is 11.6 Å². The fourth-order valence-corrected chi connectivity index (χ4v) is 4.86. The predicted octanol–water partition coefficient (Wildman–Crippen LogP) is 12.7. The van der Waals surface area contributed by atoms with Gasteiger partial charge in [0.25, 0.3) is 0 Å². The van der Waals surface area contributed by atoms with Crippen LogP contribution in [-0.4, -0.2) is 0 Å². The average Bonchev–Trinajstić information content (AvgIpc) is 3.11. The first-order chi connectivity index (χ1) is 24.5. The molecular weight excluding hydrogens is 638 g/mol. The zero-order chi connectivity index (χ0) is 34.1. The van der Waals surface area contributed by atoms with Gasteiger partial charge in [-0.05, 0) is 97.1 Å². The Morgan fingerprint density at radius 3 is 0.860 bits per heavy atom. The molecule has 0 spiro atoms. The Bertz CT molecular complexity index is 2060. The fourth-order valence-electron chi connectivity index (χ4n) is 4.86. The number of hydrogen-bond acceptors (Lipinski definition) is 6. The number of rotatable bonds is 12. The molecule has 7 aromatic rings. The van der Waals surface area contributed by atoms with Crippen molar-refractivity contribution in [2.45, 2.75) is 0 Å². The van der Waals surface area contributed by atoms with Crippen LogP contribution in [0.2, 0.25) is 0 Å². The standard InChI is InChI=1S/C42H28F2O6/c43-29-9-5-11-33(25-29)45-35-13-7-15-37(27-35)49-41-19-3-1-17-39(41)47-31-21-23-32(24-22-31)48-40-18-2-4-20-42(40)50-38-16-8-14-36(28-38)46-34-12-6-10-30(44)26-34/h1-28H. The van der Waals surface area contributed by atoms with Crippen LogP contribution in [-0.2, 0) is 0 Å². The van der Waals surface area contributed by atoms with Crippen molar-refractivity contribution in [2.24, 2.45) is 0 Å². The summed E-state index contributed by atoms with van der Waals surface area (Å²) in [5.41, 5.74) is 0. The van der Waals surface area contributed by atoms with E-state index >= 15 is 0 Å². The van der Waals surface area contributed by atoms with Gasteiger partial charge in [0.05, 0.1) is 0 Å². The minimum absolute atomic E-state index is 0.382. The Morgan fingerprint density at radius 1 is 0.240 bits per heavy atom. The maximum Gasteiger partial charge on any atom is 0.169 e. The molecule has 6 nitrogen and oxygen atoms in total. The first-order valence-electron chi connectivity index (χ1n) is 15.6. The van der Waals surface area contributed by atoms with E-state index in [0.29, 0.717) is 69.0 Å². The van der Waals surface area contributed by atoms with Crippen molar-refractivity contribution >= 4 is 0 Å². The molecule has 0 atom stereocenters. The Hall–Kier alpha value is -6.80. The molecule has 0 aliphatic rings. The van der Waals surface area contributed by atoms with Gasteiger partial charge < -0.3 is 28.4 Å². The summed E-state index contributed by atoms with van der Waals surface area (Å²) in [5.74, 6) is 5.15. The van der Waals surface area contributed by atoms with Crippen LogP contribution in [0.15, 0.2) is 170 Å². The number of ether oxygens (including phenoxy) is 6. The maximum absolute atomic E-state index is 13.6. The molecule has 0 amide bonds. The maximum atomic E-state index is 13.6. The molecule has 0 unspecified atom stereocenters. The highest BCUT2D eigenvalue weighted by Gasteiger charge is 2.11. The van der Waals surface area contributed by atoms with E-state index in [4.69, 9.17) is 28.4 Å². The van der Waals surface area contributed by atoms with Gasteiger partial charge in [-0.2, -0.15) is 0 Å². The number of para-hydroxylation sites is 4. The quantitative estimate of drug-likeness (QED) is 0.129. The molecule has 0 N–H and O–H groups in total. The highest BCUT2D eigenvalue weighted by molar-refractivity contribution is 5.49. The second-order valence-corrected chi connectivity index (χ2v) is 10.8. The first kappa shape index (κ1) is 31.8. The van der Waals surface area contributed by atoms with Gasteiger partial charge in [0.1, 0.15) is 57.6 Å². The fraction of sp³-hybridized carbons (Fsp3) is 0. The molecule has 0 aromatic heterocycles. The molecule has 8 heteroatoms. The van der Waals surface area contributed by atoms with Gasteiger partial charge in [0.15, 0.2) is 23.0 Å². The van der Waals surface area contributed by atoms with Crippen molar-refractivity contribution in [3.05, 3.63) is 181 Å². The Morgan fingerprint density at radius 2 is 0.520 bits per heavy atom. The summed E-state index contributed by atoms with van der Waals surface area (Å²) >= 11 is 0. The summed E-state index contributed by atoms with van der Waals surface area (Å²) in [6.45, 7) is 0. The van der Waals surface area contributed by atoms with E-state index < -0.39 is 0 Å². The van der Waals surface area contributed by atoms with Crippen molar-refractivity contribution in [2.75, 3.05) is 0 Å². The summed E-state index contributed by atoms with van der Waals surface area (Å²) < 4.78 is 63.4. The largest absolute Gasteiger partial charge is 0.457 e. The first-order valence-corrected chi connectivity index (χ1v) is 15.6. The summed E-state index contributed by atoms with van der Waals surface area (Å²) in [4.78, 5) is 0. The van der Waals surface area contributed by atoms with Crippen molar-refractivity contribution in [3.8, 4) is 69.0 Å². The molecule has 0 bridgehead atoms. The van der Waals surface area contributed by atoms with E-state index in [0.717, 1.165) is 0 Å². The Kier molecular flexibility index (Phi) is 9.51. The molecule has 0 aliphatic heterocycles. The number of halogens is 2. The molecule has 0 saturated carbocycles. The van der Waals surface area contributed by atoms with Crippen molar-refractivity contribution in [1.82, 2.24) is 0 Å². The zero-order valence-corrected chi connectivity index (χ0v) is 26.4. The SMILES string of the molecule is Fc1cccc(Oc2cccc(Oc3ccccc3Oc3ccc(Oc4ccccc4Oc4cccc(Oc5cccc(F)c5)c4)cc3)c2)c1. The average molecular weight is 667 g/mol. The molecule has 0 heterocycles. The van der Waals surface area contributed by atoms with E-state index in [1.165, 1.54) is 24.3 Å². The molecule has 7 aromatic carbocycles. The molecule has 0 aliphatic carbocycles. The van der Waals surface area contributed by atoms with Crippen LogP contribution in [0.5, 0.6) is 69.0 Å². The smallest absolute Gasteiger partial charge is 0.169 e. The lowest BCUT2D eigenvalue weighted by Crippen LogP contribution is -1.92. The summed E-state index contributed by atoms with van der Waals surface area (Å²) in [6.07, 6.45) is 0. The van der Waals surface area contributed by atoms with E-state index in [1.807, 2.05) is 24.3 Å². The van der Waals surface area contributed by atoms with Crippen molar-refractivity contribution in [3.63, 3.8) is 0 Å². The number of benzene rings is 7. The van der Waals surface area contributed by atoms with Crippen molar-refractivity contribution < 1.29 is 37.2 Å². The second-order valence-electron chi connectivity index (χ2n) is 10.8. The van der Waals surface area contributed by atoms with Gasteiger partial charge in [0.2, 0.25) is 0 Å². The Labute approximate surface area is 287 Å². The van der Waals surface area contributed by atoms with Gasteiger partial charge >= 0.3 is 0 Å². The van der Waals surface area contributed by atoms with E-state index in [2.05, 4.69) is 0 Å². The summed E-state index contributed by atoms with van der Waals surface area (Å²) in [6, 6.07) is 47.7. The molecule has 7 rings (SSSR count). The molecule has 0 fully saturated rings. The summed E-state index contributed by atoms with van der Waals surface area (Å²) in [7, 11) is 0. The Balaban J connectivity index is 1.00. The van der Waals surface area contributed by atoms with Crippen LogP contribution in [0.3, 0.4) is 0 Å². The van der Waals surface area contributed by atoms with Crippen molar-refractivity contribution in [1.29, 1.82) is 0 Å². The van der Waals surface area contributed by atoms with Crippen LogP contribution >= 0.6 is 0 Å².